The zero-order chi connectivity index (χ0) is 24.8. The van der Waals surface area contributed by atoms with Crippen LogP contribution >= 0.6 is 0 Å². The molecule has 0 bridgehead atoms. The number of hydrogen-bond acceptors (Lipinski definition) is 1. The fourth-order valence-corrected chi connectivity index (χ4v) is 2.22. The first-order valence-electron chi connectivity index (χ1n) is 7.99. The van der Waals surface area contributed by atoms with Crippen LogP contribution in [0.5, 0.6) is 5.75 Å². The van der Waals surface area contributed by atoms with Crippen LogP contribution in [0.2, 0.25) is 0 Å². The second kappa shape index (κ2) is 7.76. The van der Waals surface area contributed by atoms with Crippen LogP contribution in [0, 0.1) is 0 Å². The summed E-state index contributed by atoms with van der Waals surface area (Å²) < 4.78 is 177. The van der Waals surface area contributed by atoms with Crippen LogP contribution in [0.3, 0.4) is 0 Å². The van der Waals surface area contributed by atoms with Crippen LogP contribution in [-0.4, -0.2) is 36.0 Å². The SMILES string of the molecule is C=Cc1cc(C(F)(F)C(F)(F)C(F)(F)C(F)(F)C(F)(F)C(F)(F)F)ccc1OC(C)C. The Labute approximate surface area is 166 Å². The molecular formula is C17H13F13O. The molecule has 31 heavy (non-hydrogen) atoms. The van der Waals surface area contributed by atoms with Gasteiger partial charge < -0.3 is 4.74 Å². The van der Waals surface area contributed by atoms with E-state index < -0.39 is 53.0 Å². The van der Waals surface area contributed by atoms with Crippen molar-refractivity contribution in [2.75, 3.05) is 0 Å². The Morgan fingerprint density at radius 3 is 1.58 bits per heavy atom. The van der Waals surface area contributed by atoms with E-state index in [1.807, 2.05) is 0 Å². The van der Waals surface area contributed by atoms with Gasteiger partial charge in [0.05, 0.1) is 6.10 Å². The van der Waals surface area contributed by atoms with Crippen molar-refractivity contribution in [2.45, 2.75) is 55.7 Å². The maximum Gasteiger partial charge on any atom is 0.460 e. The molecular weight excluding hydrogens is 467 g/mol. The minimum absolute atomic E-state index is 0.0365. The highest BCUT2D eigenvalue weighted by molar-refractivity contribution is 5.57. The molecule has 0 aliphatic rings. The molecule has 0 saturated heterocycles. The summed E-state index contributed by atoms with van der Waals surface area (Å²) in [6.45, 7) is 6.03. The van der Waals surface area contributed by atoms with E-state index in [1.165, 1.54) is 13.8 Å². The van der Waals surface area contributed by atoms with Crippen LogP contribution in [0.1, 0.15) is 25.0 Å². The Hall–Kier alpha value is -2.15. The van der Waals surface area contributed by atoms with Gasteiger partial charge in [-0.25, -0.2) is 0 Å². The Balaban J connectivity index is 3.62. The van der Waals surface area contributed by atoms with Crippen LogP contribution in [-0.2, 0) is 5.92 Å². The molecule has 0 amide bonds. The number of hydrogen-bond donors (Lipinski definition) is 0. The molecule has 0 radical (unpaired) electrons. The first-order chi connectivity index (χ1) is 13.6. The minimum Gasteiger partial charge on any atom is -0.490 e. The molecule has 178 valence electrons. The fraction of sp³-hybridized carbons (Fsp3) is 0.529. The van der Waals surface area contributed by atoms with Crippen molar-refractivity contribution in [1.82, 2.24) is 0 Å². The summed E-state index contributed by atoms with van der Waals surface area (Å²) >= 11 is 0. The van der Waals surface area contributed by atoms with Gasteiger partial charge in [-0.1, -0.05) is 12.7 Å². The van der Waals surface area contributed by atoms with Crippen molar-refractivity contribution < 1.29 is 61.8 Å². The monoisotopic (exact) mass is 480 g/mol. The van der Waals surface area contributed by atoms with Gasteiger partial charge in [-0.2, -0.15) is 57.1 Å². The van der Waals surface area contributed by atoms with E-state index in [2.05, 4.69) is 6.58 Å². The van der Waals surface area contributed by atoms with E-state index in [-0.39, 0.29) is 17.9 Å². The van der Waals surface area contributed by atoms with E-state index in [1.54, 1.807) is 0 Å². The first-order valence-corrected chi connectivity index (χ1v) is 7.99. The Kier molecular flexibility index (Phi) is 6.73. The van der Waals surface area contributed by atoms with Gasteiger partial charge in [-0.15, -0.1) is 0 Å². The summed E-state index contributed by atoms with van der Waals surface area (Å²) in [6.07, 6.45) is -7.31. The van der Waals surface area contributed by atoms with Crippen LogP contribution in [0.4, 0.5) is 57.1 Å². The molecule has 14 heteroatoms. The molecule has 0 saturated carbocycles. The molecule has 0 spiro atoms. The zero-order valence-corrected chi connectivity index (χ0v) is 15.4. The van der Waals surface area contributed by atoms with Crippen LogP contribution < -0.4 is 4.74 Å². The van der Waals surface area contributed by atoms with Crippen molar-refractivity contribution in [3.05, 3.63) is 35.9 Å². The number of ether oxygens (including phenoxy) is 1. The quantitative estimate of drug-likeness (QED) is 0.355. The smallest absolute Gasteiger partial charge is 0.460 e. The van der Waals surface area contributed by atoms with Crippen molar-refractivity contribution in [2.24, 2.45) is 0 Å². The Bertz CT molecular complexity index is 809. The lowest BCUT2D eigenvalue weighted by Crippen LogP contribution is -2.69. The normalized spacial score (nSPS) is 14.7. The summed E-state index contributed by atoms with van der Waals surface area (Å²) in [5, 5.41) is 0. The number of benzene rings is 1. The first kappa shape index (κ1) is 26.9. The largest absolute Gasteiger partial charge is 0.490 e. The third-order valence-corrected chi connectivity index (χ3v) is 3.89. The van der Waals surface area contributed by atoms with E-state index in [4.69, 9.17) is 4.74 Å². The molecule has 1 nitrogen and oxygen atoms in total. The third-order valence-electron chi connectivity index (χ3n) is 3.89. The van der Waals surface area contributed by atoms with Gasteiger partial charge in [-0.3, -0.25) is 0 Å². The maximum absolute atomic E-state index is 14.2. The lowest BCUT2D eigenvalue weighted by molar-refractivity contribution is -0.441. The molecule has 0 atom stereocenters. The fourth-order valence-electron chi connectivity index (χ4n) is 2.22. The van der Waals surface area contributed by atoms with Gasteiger partial charge in [0.1, 0.15) is 5.75 Å². The van der Waals surface area contributed by atoms with Crippen molar-refractivity contribution in [1.29, 1.82) is 0 Å². The van der Waals surface area contributed by atoms with Gasteiger partial charge in [-0.05, 0) is 32.0 Å². The van der Waals surface area contributed by atoms with Crippen LogP contribution in [0.15, 0.2) is 24.8 Å². The zero-order valence-electron chi connectivity index (χ0n) is 15.4. The molecule has 0 N–H and O–H groups in total. The molecule has 0 aliphatic carbocycles. The predicted octanol–water partition coefficient (Wildman–Crippen LogP) is 7.31. The van der Waals surface area contributed by atoms with Gasteiger partial charge >= 0.3 is 35.8 Å². The average Bonchev–Trinajstić information content (AvgIpc) is 2.59. The standard InChI is InChI=1S/C17H13F13O/c1-4-9-7-10(5-6-11(9)31-8(2)3)12(18,19)13(20,21)14(22,23)15(24,25)16(26,27)17(28,29)30/h4-8H,1H2,2-3H3. The lowest BCUT2D eigenvalue weighted by Gasteiger charge is -2.39. The number of rotatable bonds is 8. The maximum atomic E-state index is 14.2. The van der Waals surface area contributed by atoms with E-state index >= 15 is 0 Å². The highest BCUT2D eigenvalue weighted by Crippen LogP contribution is 2.62. The average molecular weight is 480 g/mol. The molecule has 0 aromatic heterocycles. The van der Waals surface area contributed by atoms with Gasteiger partial charge in [0.2, 0.25) is 0 Å². The number of halogens is 13. The van der Waals surface area contributed by atoms with Gasteiger partial charge in [0.25, 0.3) is 0 Å². The second-order valence-corrected chi connectivity index (χ2v) is 6.49. The summed E-state index contributed by atoms with van der Waals surface area (Å²) in [7, 11) is 0. The summed E-state index contributed by atoms with van der Waals surface area (Å²) in [4.78, 5) is 0. The highest BCUT2D eigenvalue weighted by atomic mass is 19.4. The van der Waals surface area contributed by atoms with Crippen molar-refractivity contribution >= 4 is 6.08 Å². The van der Waals surface area contributed by atoms with Gasteiger partial charge in [0, 0.05) is 11.1 Å². The van der Waals surface area contributed by atoms with E-state index in [0.717, 1.165) is 6.08 Å². The summed E-state index contributed by atoms with van der Waals surface area (Å²) in [5.74, 6) is -37.5. The molecule has 1 aromatic carbocycles. The van der Waals surface area contributed by atoms with Gasteiger partial charge in [0.15, 0.2) is 0 Å². The minimum atomic E-state index is -7.94. The molecule has 1 aromatic rings. The highest BCUT2D eigenvalue weighted by Gasteiger charge is 2.90. The lowest BCUT2D eigenvalue weighted by atomic mass is 9.90. The summed E-state index contributed by atoms with van der Waals surface area (Å²) in [6, 6.07) is 0.653. The third kappa shape index (κ3) is 4.04. The molecule has 1 rings (SSSR count). The predicted molar refractivity (Wildman–Crippen MR) is 82.0 cm³/mol. The van der Waals surface area contributed by atoms with Crippen molar-refractivity contribution in [3.63, 3.8) is 0 Å². The topological polar surface area (TPSA) is 9.23 Å². The molecule has 0 aliphatic heterocycles. The van der Waals surface area contributed by atoms with Crippen LogP contribution in [0.25, 0.3) is 6.08 Å². The Morgan fingerprint density at radius 1 is 0.742 bits per heavy atom. The van der Waals surface area contributed by atoms with E-state index in [0.29, 0.717) is 6.07 Å². The molecule has 0 fully saturated rings. The molecule has 0 unspecified atom stereocenters. The van der Waals surface area contributed by atoms with E-state index in [9.17, 15) is 57.1 Å². The number of alkyl halides is 13. The van der Waals surface area contributed by atoms with Crippen molar-refractivity contribution in [3.8, 4) is 5.75 Å². The second-order valence-electron chi connectivity index (χ2n) is 6.49. The molecule has 0 heterocycles. The summed E-state index contributed by atoms with van der Waals surface area (Å²) in [5.41, 5.74) is -2.59. The Morgan fingerprint density at radius 2 is 1.19 bits per heavy atom.